The van der Waals surface area contributed by atoms with E-state index < -0.39 is 5.60 Å². The number of carbonyl (C=O) groups is 1. The summed E-state index contributed by atoms with van der Waals surface area (Å²) in [5.74, 6) is 0.643. The fourth-order valence-electron chi connectivity index (χ4n) is 3.54. The van der Waals surface area contributed by atoms with Gasteiger partial charge in [-0.2, -0.15) is 0 Å². The van der Waals surface area contributed by atoms with Gasteiger partial charge in [-0.1, -0.05) is 19.8 Å². The van der Waals surface area contributed by atoms with Crippen LogP contribution < -0.4 is 5.32 Å². The van der Waals surface area contributed by atoms with Gasteiger partial charge in [-0.25, -0.2) is 4.79 Å². The highest BCUT2D eigenvalue weighted by Crippen LogP contribution is 2.28. The number of likely N-dealkylation sites (tertiary alicyclic amines) is 1. The second-order valence-corrected chi connectivity index (χ2v) is 7.58. The van der Waals surface area contributed by atoms with E-state index in [1.165, 1.54) is 32.2 Å². The predicted octanol–water partition coefficient (Wildman–Crippen LogP) is 3.16. The van der Waals surface area contributed by atoms with Gasteiger partial charge in [0.05, 0.1) is 0 Å². The molecule has 1 N–H and O–H groups in total. The van der Waals surface area contributed by atoms with Crippen LogP contribution in [0.4, 0.5) is 4.79 Å². The third-order valence-corrected chi connectivity index (χ3v) is 4.25. The van der Waals surface area contributed by atoms with Crippen LogP contribution in [0.2, 0.25) is 0 Å². The summed E-state index contributed by atoms with van der Waals surface area (Å²) < 4.78 is 5.37. The van der Waals surface area contributed by atoms with Crippen LogP contribution in [0.1, 0.15) is 59.8 Å². The molecular weight excluding hydrogens is 252 g/mol. The van der Waals surface area contributed by atoms with E-state index in [1.54, 1.807) is 0 Å². The molecule has 2 unspecified atom stereocenters. The molecule has 0 bridgehead atoms. The predicted molar refractivity (Wildman–Crippen MR) is 80.8 cm³/mol. The number of ether oxygens (including phenoxy) is 1. The fourth-order valence-corrected chi connectivity index (χ4v) is 3.54. The maximum Gasteiger partial charge on any atom is 0.407 e. The summed E-state index contributed by atoms with van der Waals surface area (Å²) in [6, 6.07) is 0.967. The molecule has 1 amide bonds. The van der Waals surface area contributed by atoms with Gasteiger partial charge in [0.1, 0.15) is 5.60 Å². The average Bonchev–Trinajstić information content (AvgIpc) is 2.78. The molecule has 0 radical (unpaired) electrons. The Labute approximate surface area is 123 Å². The lowest BCUT2D eigenvalue weighted by atomic mass is 9.94. The number of carbonyl (C=O) groups excluding carboxylic acids is 1. The summed E-state index contributed by atoms with van der Waals surface area (Å²) in [5, 5.41) is 3.06. The van der Waals surface area contributed by atoms with Crippen molar-refractivity contribution in [2.75, 3.05) is 13.1 Å². The van der Waals surface area contributed by atoms with Crippen molar-refractivity contribution in [2.45, 2.75) is 77.5 Å². The Kier molecular flexibility index (Phi) is 4.95. The zero-order chi connectivity index (χ0) is 14.8. The van der Waals surface area contributed by atoms with Crippen molar-refractivity contribution < 1.29 is 9.53 Å². The molecule has 4 heteroatoms. The van der Waals surface area contributed by atoms with Crippen molar-refractivity contribution in [3.63, 3.8) is 0 Å². The largest absolute Gasteiger partial charge is 0.444 e. The average molecular weight is 282 g/mol. The molecule has 1 aliphatic heterocycles. The molecular formula is C16H30N2O2. The van der Waals surface area contributed by atoms with E-state index in [2.05, 4.69) is 17.1 Å². The first kappa shape index (κ1) is 15.6. The van der Waals surface area contributed by atoms with E-state index in [9.17, 15) is 4.79 Å². The topological polar surface area (TPSA) is 41.6 Å². The summed E-state index contributed by atoms with van der Waals surface area (Å²) in [6.07, 6.45) is 6.16. The van der Waals surface area contributed by atoms with Gasteiger partial charge in [-0.05, 0) is 46.0 Å². The number of piperidine rings is 1. The first-order valence-electron chi connectivity index (χ1n) is 8.07. The highest BCUT2D eigenvalue weighted by atomic mass is 16.6. The van der Waals surface area contributed by atoms with Crippen molar-refractivity contribution in [3.05, 3.63) is 0 Å². The Hall–Kier alpha value is -0.770. The van der Waals surface area contributed by atoms with Crippen molar-refractivity contribution in [1.82, 2.24) is 10.2 Å². The third kappa shape index (κ3) is 4.65. The molecule has 4 nitrogen and oxygen atoms in total. The number of hydrogen-bond donors (Lipinski definition) is 1. The van der Waals surface area contributed by atoms with E-state index in [4.69, 9.17) is 4.74 Å². The molecule has 1 heterocycles. The van der Waals surface area contributed by atoms with E-state index in [1.807, 2.05) is 20.8 Å². The fraction of sp³-hybridized carbons (Fsp3) is 0.938. The van der Waals surface area contributed by atoms with Gasteiger partial charge in [0, 0.05) is 25.2 Å². The normalized spacial score (nSPS) is 29.4. The first-order valence-corrected chi connectivity index (χ1v) is 8.07. The van der Waals surface area contributed by atoms with Crippen LogP contribution in [-0.2, 0) is 4.74 Å². The lowest BCUT2D eigenvalue weighted by molar-refractivity contribution is 0.0424. The second kappa shape index (κ2) is 6.33. The van der Waals surface area contributed by atoms with Gasteiger partial charge in [0.2, 0.25) is 0 Å². The van der Waals surface area contributed by atoms with Gasteiger partial charge >= 0.3 is 6.09 Å². The maximum absolute atomic E-state index is 11.9. The molecule has 20 heavy (non-hydrogen) atoms. The Balaban J connectivity index is 1.86. The number of nitrogens with one attached hydrogen (secondary N) is 1. The van der Waals surface area contributed by atoms with Crippen LogP contribution in [0.3, 0.4) is 0 Å². The lowest BCUT2D eigenvalue weighted by Gasteiger charge is -2.40. The maximum atomic E-state index is 11.9. The summed E-state index contributed by atoms with van der Waals surface area (Å²) in [7, 11) is 0. The number of nitrogens with zero attached hydrogens (tertiary/aromatic N) is 1. The number of alkyl carbamates (subject to hydrolysis) is 1. The molecule has 1 saturated carbocycles. The van der Waals surface area contributed by atoms with E-state index in [-0.39, 0.29) is 12.1 Å². The molecule has 1 aliphatic carbocycles. The zero-order valence-corrected chi connectivity index (χ0v) is 13.4. The summed E-state index contributed by atoms with van der Waals surface area (Å²) in [4.78, 5) is 14.5. The van der Waals surface area contributed by atoms with Crippen molar-refractivity contribution >= 4 is 6.09 Å². The van der Waals surface area contributed by atoms with E-state index >= 15 is 0 Å². The SMILES string of the molecule is CC1CC(NC(=O)OC(C)(C)C)CN(C2CCCC2)C1. The zero-order valence-electron chi connectivity index (χ0n) is 13.4. The molecule has 1 saturated heterocycles. The first-order chi connectivity index (χ1) is 9.33. The number of rotatable bonds is 2. The molecule has 2 atom stereocenters. The lowest BCUT2D eigenvalue weighted by Crippen LogP contribution is -2.53. The number of hydrogen-bond acceptors (Lipinski definition) is 3. The standard InChI is InChI=1S/C16H30N2O2/c1-12-9-13(17-15(19)20-16(2,3)4)11-18(10-12)14-7-5-6-8-14/h12-14H,5-11H2,1-4H3,(H,17,19). The van der Waals surface area contributed by atoms with Crippen molar-refractivity contribution in [1.29, 1.82) is 0 Å². The highest BCUT2D eigenvalue weighted by molar-refractivity contribution is 5.68. The van der Waals surface area contributed by atoms with E-state index in [0.29, 0.717) is 5.92 Å². The monoisotopic (exact) mass is 282 g/mol. The summed E-state index contributed by atoms with van der Waals surface area (Å²) >= 11 is 0. The van der Waals surface area contributed by atoms with Gasteiger partial charge in [0.15, 0.2) is 0 Å². The van der Waals surface area contributed by atoms with Gasteiger partial charge in [-0.15, -0.1) is 0 Å². The molecule has 0 spiro atoms. The Morgan fingerprint density at radius 2 is 1.85 bits per heavy atom. The quantitative estimate of drug-likeness (QED) is 0.846. The minimum absolute atomic E-state index is 0.231. The summed E-state index contributed by atoms with van der Waals surface area (Å²) in [6.45, 7) is 10.2. The molecule has 0 aromatic heterocycles. The third-order valence-electron chi connectivity index (χ3n) is 4.25. The Morgan fingerprint density at radius 1 is 1.20 bits per heavy atom. The molecule has 2 fully saturated rings. The Morgan fingerprint density at radius 3 is 2.45 bits per heavy atom. The van der Waals surface area contributed by atoms with Crippen LogP contribution in [0.15, 0.2) is 0 Å². The molecule has 0 aromatic carbocycles. The van der Waals surface area contributed by atoms with Gasteiger partial charge < -0.3 is 10.1 Å². The van der Waals surface area contributed by atoms with Crippen LogP contribution in [0.5, 0.6) is 0 Å². The van der Waals surface area contributed by atoms with Crippen LogP contribution >= 0.6 is 0 Å². The van der Waals surface area contributed by atoms with Gasteiger partial charge in [0.25, 0.3) is 0 Å². The molecule has 116 valence electrons. The smallest absolute Gasteiger partial charge is 0.407 e. The van der Waals surface area contributed by atoms with Crippen LogP contribution in [0, 0.1) is 5.92 Å². The minimum atomic E-state index is -0.421. The van der Waals surface area contributed by atoms with Crippen molar-refractivity contribution in [3.8, 4) is 0 Å². The number of amides is 1. The molecule has 2 rings (SSSR count). The minimum Gasteiger partial charge on any atom is -0.444 e. The summed E-state index contributed by atoms with van der Waals surface area (Å²) in [5.41, 5.74) is -0.421. The van der Waals surface area contributed by atoms with Crippen LogP contribution in [-0.4, -0.2) is 41.8 Å². The van der Waals surface area contributed by atoms with Crippen molar-refractivity contribution in [2.24, 2.45) is 5.92 Å². The highest BCUT2D eigenvalue weighted by Gasteiger charge is 2.32. The second-order valence-electron chi connectivity index (χ2n) is 7.58. The molecule has 0 aromatic rings. The van der Waals surface area contributed by atoms with Gasteiger partial charge in [-0.3, -0.25) is 4.90 Å². The van der Waals surface area contributed by atoms with E-state index in [0.717, 1.165) is 19.0 Å². The van der Waals surface area contributed by atoms with Crippen LogP contribution in [0.25, 0.3) is 0 Å². The Bertz CT molecular complexity index is 332. The molecule has 2 aliphatic rings.